The van der Waals surface area contributed by atoms with Crippen LogP contribution in [-0.2, 0) is 4.79 Å². The Morgan fingerprint density at radius 1 is 1.71 bits per heavy atom. The van der Waals surface area contributed by atoms with Crippen molar-refractivity contribution in [1.29, 1.82) is 0 Å². The van der Waals surface area contributed by atoms with E-state index in [9.17, 15) is 10.0 Å². The zero-order chi connectivity index (χ0) is 10.4. The molecule has 0 aliphatic rings. The van der Waals surface area contributed by atoms with Crippen molar-refractivity contribution in [1.82, 2.24) is 4.98 Å². The molecule has 0 spiro atoms. The molecule has 76 valence electrons. The van der Waals surface area contributed by atoms with Crippen LogP contribution in [0.1, 0.15) is 0 Å². The van der Waals surface area contributed by atoms with Gasteiger partial charge in [-0.25, -0.2) is 9.78 Å². The SMILES string of the molecule is O=C(O)[C@H](CSc1ccccn1)[NH2+][O-]. The van der Waals surface area contributed by atoms with Crippen LogP contribution in [0.3, 0.4) is 0 Å². The Kier molecular flexibility index (Phi) is 4.37. The lowest BCUT2D eigenvalue weighted by molar-refractivity contribution is -0.610. The quantitative estimate of drug-likeness (QED) is 0.518. The average molecular weight is 214 g/mol. The molecule has 0 saturated heterocycles. The number of rotatable bonds is 5. The Hall–Kier alpha value is -1.11. The van der Waals surface area contributed by atoms with Crippen molar-refractivity contribution in [3.8, 4) is 0 Å². The molecular weight excluding hydrogens is 204 g/mol. The van der Waals surface area contributed by atoms with E-state index in [0.717, 1.165) is 5.03 Å². The summed E-state index contributed by atoms with van der Waals surface area (Å²) in [5, 5.41) is 19.7. The number of aliphatic carboxylic acids is 1. The van der Waals surface area contributed by atoms with E-state index in [2.05, 4.69) is 4.98 Å². The molecule has 14 heavy (non-hydrogen) atoms. The summed E-state index contributed by atoms with van der Waals surface area (Å²) >= 11 is 1.26. The predicted octanol–water partition coefficient (Wildman–Crippen LogP) is -0.312. The molecule has 0 unspecified atom stereocenters. The molecule has 1 rings (SSSR count). The first-order valence-electron chi connectivity index (χ1n) is 3.96. The largest absolute Gasteiger partial charge is 0.635 e. The molecule has 3 N–H and O–H groups in total. The smallest absolute Gasteiger partial charge is 0.363 e. The maximum atomic E-state index is 10.5. The second-order valence-corrected chi connectivity index (χ2v) is 3.60. The molecule has 1 aromatic rings. The monoisotopic (exact) mass is 214 g/mol. The second-order valence-electron chi connectivity index (χ2n) is 2.56. The number of nitrogens with two attached hydrogens (primary N) is 1. The number of hydrogen-bond donors (Lipinski definition) is 2. The molecule has 0 saturated carbocycles. The zero-order valence-electron chi connectivity index (χ0n) is 7.29. The van der Waals surface area contributed by atoms with Crippen LogP contribution in [0.25, 0.3) is 0 Å². The third kappa shape index (κ3) is 3.33. The van der Waals surface area contributed by atoms with Gasteiger partial charge in [-0.3, -0.25) is 0 Å². The van der Waals surface area contributed by atoms with Gasteiger partial charge in [0, 0.05) is 6.20 Å². The van der Waals surface area contributed by atoms with Crippen LogP contribution in [0.2, 0.25) is 0 Å². The average Bonchev–Trinajstić information content (AvgIpc) is 2.20. The third-order valence-corrected chi connectivity index (χ3v) is 2.59. The number of hydroxylamine groups is 1. The minimum absolute atomic E-state index is 0.218. The van der Waals surface area contributed by atoms with Gasteiger partial charge in [0.1, 0.15) is 0 Å². The number of carboxylic acid groups (broad SMARTS) is 1. The summed E-state index contributed by atoms with van der Waals surface area (Å²) < 4.78 is 0. The fourth-order valence-electron chi connectivity index (χ4n) is 0.776. The number of nitrogens with zero attached hydrogens (tertiary/aromatic N) is 1. The van der Waals surface area contributed by atoms with E-state index in [-0.39, 0.29) is 5.75 Å². The standard InChI is InChI=1S/C8H10N2O3S/c11-8(12)6(10-13)5-14-7-3-1-2-4-9-7/h1-4,6H,5,10H2,(H,11,12)/t6-/m0/s1. The van der Waals surface area contributed by atoms with Crippen molar-refractivity contribution in [2.75, 3.05) is 5.75 Å². The molecule has 0 aliphatic carbocycles. The van der Waals surface area contributed by atoms with E-state index in [1.54, 1.807) is 18.3 Å². The number of hydrogen-bond acceptors (Lipinski definition) is 4. The normalized spacial score (nSPS) is 12.4. The maximum absolute atomic E-state index is 10.5. The highest BCUT2D eigenvalue weighted by molar-refractivity contribution is 7.99. The molecule has 1 heterocycles. The van der Waals surface area contributed by atoms with Gasteiger partial charge in [0.15, 0.2) is 6.04 Å². The Morgan fingerprint density at radius 2 is 2.50 bits per heavy atom. The van der Waals surface area contributed by atoms with E-state index >= 15 is 0 Å². The van der Waals surface area contributed by atoms with Crippen molar-refractivity contribution in [3.63, 3.8) is 0 Å². The van der Waals surface area contributed by atoms with Crippen LogP contribution in [0.5, 0.6) is 0 Å². The summed E-state index contributed by atoms with van der Waals surface area (Å²) in [6.45, 7) is 0. The van der Waals surface area contributed by atoms with Crippen LogP contribution in [0.4, 0.5) is 0 Å². The molecule has 1 atom stereocenters. The van der Waals surface area contributed by atoms with Gasteiger partial charge in [-0.15, -0.1) is 0 Å². The number of carboxylic acids is 1. The summed E-state index contributed by atoms with van der Waals surface area (Å²) in [5.74, 6) is -0.876. The highest BCUT2D eigenvalue weighted by atomic mass is 32.2. The Morgan fingerprint density at radius 3 is 3.00 bits per heavy atom. The van der Waals surface area contributed by atoms with Crippen LogP contribution in [-0.4, -0.2) is 27.9 Å². The lowest BCUT2D eigenvalue weighted by Crippen LogP contribution is -2.87. The minimum atomic E-state index is -1.09. The van der Waals surface area contributed by atoms with Crippen LogP contribution in [0.15, 0.2) is 29.4 Å². The predicted molar refractivity (Wildman–Crippen MR) is 51.7 cm³/mol. The van der Waals surface area contributed by atoms with Crippen molar-refractivity contribution in [2.45, 2.75) is 11.1 Å². The zero-order valence-corrected chi connectivity index (χ0v) is 8.11. The van der Waals surface area contributed by atoms with Gasteiger partial charge in [0.25, 0.3) is 0 Å². The maximum Gasteiger partial charge on any atom is 0.363 e. The van der Waals surface area contributed by atoms with Crippen molar-refractivity contribution >= 4 is 17.7 Å². The van der Waals surface area contributed by atoms with Gasteiger partial charge >= 0.3 is 5.97 Å². The number of pyridine rings is 1. The molecule has 5 nitrogen and oxygen atoms in total. The van der Waals surface area contributed by atoms with Gasteiger partial charge in [-0.2, -0.15) is 0 Å². The number of quaternary nitrogens is 1. The van der Waals surface area contributed by atoms with E-state index in [1.807, 2.05) is 6.07 Å². The highest BCUT2D eigenvalue weighted by Gasteiger charge is 2.17. The summed E-state index contributed by atoms with van der Waals surface area (Å²) in [6, 6.07) is 4.40. The van der Waals surface area contributed by atoms with Crippen LogP contribution in [0, 0.1) is 5.21 Å². The molecule has 0 amide bonds. The first kappa shape index (κ1) is 11.0. The van der Waals surface area contributed by atoms with E-state index < -0.39 is 12.0 Å². The van der Waals surface area contributed by atoms with Crippen LogP contribution >= 0.6 is 11.8 Å². The Balaban J connectivity index is 2.44. The minimum Gasteiger partial charge on any atom is -0.635 e. The van der Waals surface area contributed by atoms with Gasteiger partial charge in [0.2, 0.25) is 0 Å². The Bertz CT molecular complexity index is 294. The number of carbonyl (C=O) groups is 1. The number of thioether (sulfide) groups is 1. The lowest BCUT2D eigenvalue weighted by atomic mass is 10.4. The molecule has 0 bridgehead atoms. The van der Waals surface area contributed by atoms with Gasteiger partial charge in [-0.1, -0.05) is 17.8 Å². The van der Waals surface area contributed by atoms with Crippen molar-refractivity contribution in [3.05, 3.63) is 29.6 Å². The molecule has 0 radical (unpaired) electrons. The first-order valence-corrected chi connectivity index (χ1v) is 4.94. The summed E-state index contributed by atoms with van der Waals surface area (Å²) in [5.41, 5.74) is 0.443. The third-order valence-electron chi connectivity index (χ3n) is 1.53. The highest BCUT2D eigenvalue weighted by Crippen LogP contribution is 2.13. The summed E-state index contributed by atoms with van der Waals surface area (Å²) in [4.78, 5) is 14.5. The van der Waals surface area contributed by atoms with E-state index in [1.165, 1.54) is 11.8 Å². The molecule has 6 heteroatoms. The molecule has 0 aromatic carbocycles. The first-order chi connectivity index (χ1) is 6.74. The van der Waals surface area contributed by atoms with Crippen LogP contribution < -0.4 is 5.48 Å². The number of aromatic nitrogens is 1. The summed E-state index contributed by atoms with van der Waals surface area (Å²) in [6.07, 6.45) is 1.62. The topological polar surface area (TPSA) is 89.9 Å². The lowest BCUT2D eigenvalue weighted by Gasteiger charge is -2.11. The van der Waals surface area contributed by atoms with Crippen molar-refractivity contribution in [2.24, 2.45) is 0 Å². The van der Waals surface area contributed by atoms with E-state index in [4.69, 9.17) is 5.11 Å². The van der Waals surface area contributed by atoms with Gasteiger partial charge in [-0.05, 0) is 12.1 Å². The van der Waals surface area contributed by atoms with Crippen molar-refractivity contribution < 1.29 is 15.4 Å². The Labute approximate surface area is 85.1 Å². The molecular formula is C8H10N2O3S. The second kappa shape index (κ2) is 5.58. The van der Waals surface area contributed by atoms with E-state index in [0.29, 0.717) is 5.48 Å². The summed E-state index contributed by atoms with van der Waals surface area (Å²) in [7, 11) is 0. The molecule has 1 aromatic heterocycles. The van der Waals surface area contributed by atoms with Gasteiger partial charge in [0.05, 0.1) is 10.8 Å². The fraction of sp³-hybridized carbons (Fsp3) is 0.250. The fourth-order valence-corrected chi connectivity index (χ4v) is 1.66. The molecule has 0 aliphatic heterocycles. The van der Waals surface area contributed by atoms with Gasteiger partial charge < -0.3 is 15.8 Å². The molecule has 0 fully saturated rings.